The number of oxazole rings is 1. The zero-order chi connectivity index (χ0) is 11.5. The number of nitrogen functional groups attached to an aromatic ring is 1. The van der Waals surface area contributed by atoms with Gasteiger partial charge in [-0.1, -0.05) is 0 Å². The summed E-state index contributed by atoms with van der Waals surface area (Å²) < 4.78 is 5.33. The van der Waals surface area contributed by atoms with Crippen LogP contribution in [0.1, 0.15) is 17.2 Å². The maximum absolute atomic E-state index is 5.50. The van der Waals surface area contributed by atoms with Gasteiger partial charge < -0.3 is 15.5 Å². The summed E-state index contributed by atoms with van der Waals surface area (Å²) in [6, 6.07) is 0. The molecule has 0 aliphatic heterocycles. The summed E-state index contributed by atoms with van der Waals surface area (Å²) in [4.78, 5) is 12.0. The fourth-order valence-corrected chi connectivity index (χ4v) is 1.28. The number of nitrogens with zero attached hydrogens (tertiary/aromatic N) is 3. The van der Waals surface area contributed by atoms with E-state index in [1.165, 1.54) is 0 Å². The van der Waals surface area contributed by atoms with Gasteiger partial charge >= 0.3 is 0 Å². The monoisotopic (exact) mass is 219 g/mol. The third-order valence-electron chi connectivity index (χ3n) is 2.07. The quantitative estimate of drug-likeness (QED) is 0.808. The molecule has 0 aliphatic carbocycles. The topological polar surface area (TPSA) is 89.9 Å². The smallest absolute Gasteiger partial charge is 0.221 e. The maximum Gasteiger partial charge on any atom is 0.221 e. The van der Waals surface area contributed by atoms with Crippen LogP contribution in [0.2, 0.25) is 0 Å². The summed E-state index contributed by atoms with van der Waals surface area (Å²) >= 11 is 0. The van der Waals surface area contributed by atoms with Gasteiger partial charge in [0.15, 0.2) is 0 Å². The first-order chi connectivity index (χ1) is 7.65. The Hall–Kier alpha value is -2.11. The highest BCUT2D eigenvalue weighted by Gasteiger charge is 2.04. The Labute approximate surface area is 92.9 Å². The second-order valence-corrected chi connectivity index (χ2v) is 3.48. The van der Waals surface area contributed by atoms with Crippen molar-refractivity contribution in [2.24, 2.45) is 0 Å². The summed E-state index contributed by atoms with van der Waals surface area (Å²) in [5.74, 6) is 2.35. The molecule has 6 nitrogen and oxygen atoms in total. The number of hydrogen-bond donors (Lipinski definition) is 2. The molecule has 0 atom stereocenters. The van der Waals surface area contributed by atoms with Crippen LogP contribution in [-0.4, -0.2) is 15.0 Å². The van der Waals surface area contributed by atoms with Gasteiger partial charge in [-0.3, -0.25) is 0 Å². The number of nitrogens with one attached hydrogen (secondary N) is 1. The lowest BCUT2D eigenvalue weighted by Crippen LogP contribution is -2.06. The highest BCUT2D eigenvalue weighted by molar-refractivity contribution is 5.44. The molecule has 0 spiro atoms. The Morgan fingerprint density at radius 1 is 1.31 bits per heavy atom. The van der Waals surface area contributed by atoms with Gasteiger partial charge in [0, 0.05) is 11.8 Å². The highest BCUT2D eigenvalue weighted by atomic mass is 16.4. The molecule has 2 aromatic heterocycles. The molecule has 0 bridgehead atoms. The zero-order valence-corrected chi connectivity index (χ0v) is 9.19. The molecule has 0 aromatic carbocycles. The molecule has 0 saturated heterocycles. The van der Waals surface area contributed by atoms with E-state index in [2.05, 4.69) is 20.3 Å². The van der Waals surface area contributed by atoms with Crippen molar-refractivity contribution in [3.05, 3.63) is 29.6 Å². The van der Waals surface area contributed by atoms with Crippen LogP contribution in [-0.2, 0) is 6.54 Å². The van der Waals surface area contributed by atoms with Crippen molar-refractivity contribution in [1.29, 1.82) is 0 Å². The largest absolute Gasteiger partial charge is 0.444 e. The van der Waals surface area contributed by atoms with Crippen LogP contribution in [0.4, 0.5) is 11.8 Å². The number of rotatable bonds is 3. The number of hydrogen-bond acceptors (Lipinski definition) is 6. The van der Waals surface area contributed by atoms with Crippen LogP contribution in [0.5, 0.6) is 0 Å². The molecule has 0 unspecified atom stereocenters. The standard InChI is InChI=1S/C10H13N5O/c1-6-3-14-10(11)15-9(6)13-5-8-12-4-7(2)16-8/h3-4H,5H2,1-2H3,(H3,11,13,14,15). The van der Waals surface area contributed by atoms with E-state index in [0.29, 0.717) is 18.3 Å². The first kappa shape index (κ1) is 10.4. The van der Waals surface area contributed by atoms with Crippen molar-refractivity contribution in [1.82, 2.24) is 15.0 Å². The third kappa shape index (κ3) is 2.28. The van der Waals surface area contributed by atoms with Gasteiger partial charge in [-0.2, -0.15) is 4.98 Å². The summed E-state index contributed by atoms with van der Waals surface area (Å²) in [5, 5.41) is 3.10. The van der Waals surface area contributed by atoms with E-state index in [0.717, 1.165) is 11.3 Å². The zero-order valence-electron chi connectivity index (χ0n) is 9.19. The minimum atomic E-state index is 0.247. The van der Waals surface area contributed by atoms with Crippen LogP contribution < -0.4 is 11.1 Å². The van der Waals surface area contributed by atoms with Gasteiger partial charge in [0.1, 0.15) is 11.6 Å². The average Bonchev–Trinajstić information content (AvgIpc) is 2.66. The lowest BCUT2D eigenvalue weighted by atomic mass is 10.3. The summed E-state index contributed by atoms with van der Waals surface area (Å²) in [6.45, 7) is 4.23. The SMILES string of the molecule is Cc1cnc(CNc2nc(N)ncc2C)o1. The van der Waals surface area contributed by atoms with E-state index < -0.39 is 0 Å². The van der Waals surface area contributed by atoms with E-state index in [9.17, 15) is 0 Å². The predicted molar refractivity (Wildman–Crippen MR) is 59.7 cm³/mol. The second-order valence-electron chi connectivity index (χ2n) is 3.48. The molecule has 0 fully saturated rings. The van der Waals surface area contributed by atoms with Gasteiger partial charge in [-0.15, -0.1) is 0 Å². The molecule has 0 aliphatic rings. The molecule has 6 heteroatoms. The fourth-order valence-electron chi connectivity index (χ4n) is 1.28. The number of anilines is 2. The maximum atomic E-state index is 5.50. The van der Waals surface area contributed by atoms with Crippen molar-refractivity contribution in [2.75, 3.05) is 11.1 Å². The van der Waals surface area contributed by atoms with Gasteiger partial charge in [-0.05, 0) is 13.8 Å². The molecular formula is C10H13N5O. The minimum Gasteiger partial charge on any atom is -0.444 e. The molecule has 0 saturated carbocycles. The van der Waals surface area contributed by atoms with Crippen LogP contribution in [0.25, 0.3) is 0 Å². The average molecular weight is 219 g/mol. The molecule has 2 heterocycles. The molecule has 0 radical (unpaired) electrons. The van der Waals surface area contributed by atoms with Crippen molar-refractivity contribution < 1.29 is 4.42 Å². The van der Waals surface area contributed by atoms with Gasteiger partial charge in [-0.25, -0.2) is 9.97 Å². The van der Waals surface area contributed by atoms with Crippen molar-refractivity contribution in [3.8, 4) is 0 Å². The van der Waals surface area contributed by atoms with Crippen molar-refractivity contribution >= 4 is 11.8 Å². The van der Waals surface area contributed by atoms with Gasteiger partial charge in [0.2, 0.25) is 11.8 Å². The Kier molecular flexibility index (Phi) is 2.72. The summed E-state index contributed by atoms with van der Waals surface area (Å²) in [7, 11) is 0. The van der Waals surface area contributed by atoms with E-state index in [-0.39, 0.29) is 5.95 Å². The summed E-state index contributed by atoms with van der Waals surface area (Å²) in [6.07, 6.45) is 3.35. The first-order valence-electron chi connectivity index (χ1n) is 4.89. The predicted octanol–water partition coefficient (Wildman–Crippen LogP) is 1.28. The Morgan fingerprint density at radius 2 is 2.12 bits per heavy atom. The lowest BCUT2D eigenvalue weighted by Gasteiger charge is -2.06. The molecule has 16 heavy (non-hydrogen) atoms. The number of aromatic nitrogens is 3. The van der Waals surface area contributed by atoms with E-state index in [1.807, 2.05) is 13.8 Å². The van der Waals surface area contributed by atoms with Gasteiger partial charge in [0.05, 0.1) is 12.7 Å². The molecule has 0 amide bonds. The van der Waals surface area contributed by atoms with E-state index in [4.69, 9.17) is 10.2 Å². The third-order valence-corrected chi connectivity index (χ3v) is 2.07. The number of nitrogens with two attached hydrogens (primary N) is 1. The minimum absolute atomic E-state index is 0.247. The molecular weight excluding hydrogens is 206 g/mol. The fraction of sp³-hybridized carbons (Fsp3) is 0.300. The molecule has 84 valence electrons. The first-order valence-corrected chi connectivity index (χ1v) is 4.89. The Bertz CT molecular complexity index is 494. The van der Waals surface area contributed by atoms with Crippen LogP contribution >= 0.6 is 0 Å². The number of aryl methyl sites for hydroxylation is 2. The normalized spacial score (nSPS) is 10.4. The van der Waals surface area contributed by atoms with E-state index in [1.54, 1.807) is 12.4 Å². The molecule has 2 aromatic rings. The van der Waals surface area contributed by atoms with Crippen molar-refractivity contribution in [3.63, 3.8) is 0 Å². The highest BCUT2D eigenvalue weighted by Crippen LogP contribution is 2.12. The Balaban J connectivity index is 2.07. The Morgan fingerprint density at radius 3 is 2.81 bits per heavy atom. The summed E-state index contributed by atoms with van der Waals surface area (Å²) in [5.41, 5.74) is 6.43. The van der Waals surface area contributed by atoms with Crippen LogP contribution in [0.3, 0.4) is 0 Å². The molecule has 2 rings (SSSR count). The lowest BCUT2D eigenvalue weighted by molar-refractivity contribution is 0.478. The van der Waals surface area contributed by atoms with Crippen LogP contribution in [0.15, 0.2) is 16.8 Å². The molecule has 3 N–H and O–H groups in total. The van der Waals surface area contributed by atoms with Gasteiger partial charge in [0.25, 0.3) is 0 Å². The van der Waals surface area contributed by atoms with Crippen molar-refractivity contribution in [2.45, 2.75) is 20.4 Å². The van der Waals surface area contributed by atoms with Crippen LogP contribution in [0, 0.1) is 13.8 Å². The second kappa shape index (κ2) is 4.18. The van der Waals surface area contributed by atoms with E-state index >= 15 is 0 Å².